The molecule has 3 N–H and O–H groups in total. The Morgan fingerprint density at radius 3 is 2.86 bits per heavy atom. The maximum Gasteiger partial charge on any atom is 0.0736 e. The molecule has 0 saturated heterocycles. The molecule has 1 rings (SSSR count). The van der Waals surface area contributed by atoms with Gasteiger partial charge >= 0.3 is 0 Å². The molecule has 4 nitrogen and oxygen atoms in total. The van der Waals surface area contributed by atoms with E-state index in [1.807, 2.05) is 6.07 Å². The summed E-state index contributed by atoms with van der Waals surface area (Å²) in [6, 6.07) is 2.36. The first-order chi connectivity index (χ1) is 6.61. The molecule has 0 radical (unpaired) electrons. The van der Waals surface area contributed by atoms with Crippen molar-refractivity contribution in [3.05, 3.63) is 18.5 Å². The fraction of sp³-hybridized carbons (Fsp3) is 0.500. The zero-order chi connectivity index (χ0) is 10.6. The molecule has 4 heteroatoms. The Kier molecular flexibility index (Phi) is 3.71. The Labute approximate surface area is 85.1 Å². The van der Waals surface area contributed by atoms with Crippen molar-refractivity contribution >= 4 is 11.4 Å². The summed E-state index contributed by atoms with van der Waals surface area (Å²) in [5.74, 6) is 0. The van der Waals surface area contributed by atoms with E-state index in [9.17, 15) is 0 Å². The van der Waals surface area contributed by atoms with Crippen LogP contribution >= 0.6 is 0 Å². The number of nitrogens with two attached hydrogens (primary N) is 1. The zero-order valence-electron chi connectivity index (χ0n) is 8.99. The number of nitrogens with one attached hydrogen (secondary N) is 1. The molecule has 14 heavy (non-hydrogen) atoms. The minimum atomic E-state index is 0.475. The van der Waals surface area contributed by atoms with E-state index in [2.05, 4.69) is 36.2 Å². The van der Waals surface area contributed by atoms with Crippen molar-refractivity contribution in [3.8, 4) is 0 Å². The number of nitrogen functional groups attached to an aromatic ring is 1. The maximum absolute atomic E-state index is 5.74. The molecule has 0 aliphatic heterocycles. The van der Waals surface area contributed by atoms with Crippen LogP contribution in [0.4, 0.5) is 11.4 Å². The third kappa shape index (κ3) is 2.88. The van der Waals surface area contributed by atoms with E-state index in [1.165, 1.54) is 0 Å². The number of rotatable bonds is 4. The Balaban J connectivity index is 2.50. The summed E-state index contributed by atoms with van der Waals surface area (Å²) in [7, 11) is 4.12. The second-order valence-electron chi connectivity index (χ2n) is 3.66. The summed E-state index contributed by atoms with van der Waals surface area (Å²) in [6.45, 7) is 3.03. The van der Waals surface area contributed by atoms with Crippen molar-refractivity contribution < 1.29 is 0 Å². The van der Waals surface area contributed by atoms with Crippen molar-refractivity contribution in [1.29, 1.82) is 0 Å². The fourth-order valence-corrected chi connectivity index (χ4v) is 1.01. The summed E-state index contributed by atoms with van der Waals surface area (Å²) in [4.78, 5) is 6.09. The van der Waals surface area contributed by atoms with Gasteiger partial charge in [0.1, 0.15) is 0 Å². The molecule has 0 aliphatic carbocycles. The van der Waals surface area contributed by atoms with Gasteiger partial charge in [0.15, 0.2) is 0 Å². The average Bonchev–Trinajstić information content (AvgIpc) is 2.16. The molecule has 0 fully saturated rings. The van der Waals surface area contributed by atoms with E-state index < -0.39 is 0 Å². The van der Waals surface area contributed by atoms with Gasteiger partial charge in [0.05, 0.1) is 17.6 Å². The fourth-order valence-electron chi connectivity index (χ4n) is 1.01. The third-order valence-electron chi connectivity index (χ3n) is 2.32. The van der Waals surface area contributed by atoms with Gasteiger partial charge in [-0.1, -0.05) is 0 Å². The number of hydrogen-bond donors (Lipinski definition) is 2. The highest BCUT2D eigenvalue weighted by atomic mass is 15.1. The van der Waals surface area contributed by atoms with E-state index in [4.69, 9.17) is 5.73 Å². The van der Waals surface area contributed by atoms with Crippen LogP contribution in [-0.2, 0) is 0 Å². The van der Waals surface area contributed by atoms with Crippen LogP contribution in [0.2, 0.25) is 0 Å². The molecule has 1 aromatic rings. The number of hydrogen-bond acceptors (Lipinski definition) is 4. The van der Waals surface area contributed by atoms with Gasteiger partial charge in [-0.2, -0.15) is 0 Å². The lowest BCUT2D eigenvalue weighted by molar-refractivity contribution is 0.326. The Morgan fingerprint density at radius 1 is 1.57 bits per heavy atom. The monoisotopic (exact) mass is 194 g/mol. The first kappa shape index (κ1) is 10.8. The highest BCUT2D eigenvalue weighted by Crippen LogP contribution is 2.14. The third-order valence-corrected chi connectivity index (χ3v) is 2.32. The molecule has 1 aromatic heterocycles. The number of nitrogens with zero attached hydrogens (tertiary/aromatic N) is 2. The summed E-state index contributed by atoms with van der Waals surface area (Å²) in [5, 5.41) is 3.29. The minimum absolute atomic E-state index is 0.475. The smallest absolute Gasteiger partial charge is 0.0736 e. The number of aromatic nitrogens is 1. The maximum atomic E-state index is 5.74. The molecular formula is C10H18N4. The van der Waals surface area contributed by atoms with Gasteiger partial charge in [0.25, 0.3) is 0 Å². The predicted molar refractivity (Wildman–Crippen MR) is 60.3 cm³/mol. The topological polar surface area (TPSA) is 54.2 Å². The summed E-state index contributed by atoms with van der Waals surface area (Å²) in [6.07, 6.45) is 3.39. The largest absolute Gasteiger partial charge is 0.396 e. The van der Waals surface area contributed by atoms with E-state index in [1.54, 1.807) is 12.4 Å². The molecule has 1 atom stereocenters. The first-order valence-corrected chi connectivity index (χ1v) is 4.71. The molecule has 0 aliphatic rings. The van der Waals surface area contributed by atoms with E-state index >= 15 is 0 Å². The van der Waals surface area contributed by atoms with Gasteiger partial charge in [-0.3, -0.25) is 4.98 Å². The lowest BCUT2D eigenvalue weighted by atomic mass is 10.3. The van der Waals surface area contributed by atoms with Gasteiger partial charge in [-0.15, -0.1) is 0 Å². The molecule has 0 saturated carbocycles. The van der Waals surface area contributed by atoms with Crippen molar-refractivity contribution in [2.45, 2.75) is 13.0 Å². The quantitative estimate of drug-likeness (QED) is 0.751. The average molecular weight is 194 g/mol. The van der Waals surface area contributed by atoms with Crippen molar-refractivity contribution in [3.63, 3.8) is 0 Å². The van der Waals surface area contributed by atoms with Crippen molar-refractivity contribution in [2.75, 3.05) is 31.7 Å². The van der Waals surface area contributed by atoms with Gasteiger partial charge in [-0.05, 0) is 27.1 Å². The van der Waals surface area contributed by atoms with Crippen LogP contribution in [0.25, 0.3) is 0 Å². The van der Waals surface area contributed by atoms with Crippen LogP contribution in [-0.4, -0.2) is 36.6 Å². The second kappa shape index (κ2) is 4.81. The number of likely N-dealkylation sites (N-methyl/N-ethyl adjacent to an activating group) is 1. The van der Waals surface area contributed by atoms with Crippen LogP contribution < -0.4 is 11.1 Å². The molecular weight excluding hydrogens is 176 g/mol. The molecule has 0 amide bonds. The Bertz CT molecular complexity index is 285. The van der Waals surface area contributed by atoms with E-state index in [-0.39, 0.29) is 0 Å². The summed E-state index contributed by atoms with van der Waals surface area (Å²) < 4.78 is 0. The molecule has 0 spiro atoms. The lowest BCUT2D eigenvalue weighted by Gasteiger charge is -2.20. The summed E-state index contributed by atoms with van der Waals surface area (Å²) in [5.41, 5.74) is 7.39. The van der Waals surface area contributed by atoms with Gasteiger partial charge in [0.2, 0.25) is 0 Å². The van der Waals surface area contributed by atoms with Crippen molar-refractivity contribution in [1.82, 2.24) is 9.88 Å². The molecule has 78 valence electrons. The molecule has 0 bridgehead atoms. The van der Waals surface area contributed by atoms with Crippen LogP contribution in [0.5, 0.6) is 0 Å². The number of anilines is 2. The van der Waals surface area contributed by atoms with Crippen molar-refractivity contribution in [2.24, 2.45) is 0 Å². The van der Waals surface area contributed by atoms with Gasteiger partial charge in [-0.25, -0.2) is 0 Å². The molecule has 1 heterocycles. The molecule has 0 aromatic carbocycles. The first-order valence-electron chi connectivity index (χ1n) is 4.71. The SMILES string of the molecule is CC(CNc1ccncc1N)N(C)C. The highest BCUT2D eigenvalue weighted by Gasteiger charge is 2.04. The molecule has 1 unspecified atom stereocenters. The van der Waals surface area contributed by atoms with Crippen LogP contribution in [0.1, 0.15) is 6.92 Å². The van der Waals surface area contributed by atoms with E-state index in [0.717, 1.165) is 12.2 Å². The Morgan fingerprint density at radius 2 is 2.29 bits per heavy atom. The lowest BCUT2D eigenvalue weighted by Crippen LogP contribution is -2.31. The van der Waals surface area contributed by atoms with Crippen LogP contribution in [0.15, 0.2) is 18.5 Å². The number of pyridine rings is 1. The van der Waals surface area contributed by atoms with Gasteiger partial charge < -0.3 is 16.0 Å². The summed E-state index contributed by atoms with van der Waals surface area (Å²) >= 11 is 0. The van der Waals surface area contributed by atoms with E-state index in [0.29, 0.717) is 11.7 Å². The zero-order valence-corrected chi connectivity index (χ0v) is 8.99. The Hall–Kier alpha value is -1.29. The van der Waals surface area contributed by atoms with Crippen LogP contribution in [0, 0.1) is 0 Å². The highest BCUT2D eigenvalue weighted by molar-refractivity contribution is 5.64. The van der Waals surface area contributed by atoms with Gasteiger partial charge in [0, 0.05) is 18.8 Å². The minimum Gasteiger partial charge on any atom is -0.396 e. The second-order valence-corrected chi connectivity index (χ2v) is 3.66. The van der Waals surface area contributed by atoms with Crippen LogP contribution in [0.3, 0.4) is 0 Å². The predicted octanol–water partition coefficient (Wildman–Crippen LogP) is 1.03. The standard InChI is InChI=1S/C10H18N4/c1-8(14(2)3)6-13-10-4-5-12-7-9(10)11/h4-5,7-8H,6,11H2,1-3H3,(H,12,13). The normalized spacial score (nSPS) is 12.9.